The molecule has 87 heavy (non-hydrogen) atoms. The molecule has 28 heteroatoms. The first-order valence-electron chi connectivity index (χ1n) is 27.2. The van der Waals surface area contributed by atoms with Gasteiger partial charge in [0.1, 0.15) is 66.4 Å². The second kappa shape index (κ2) is 50.7. The van der Waals surface area contributed by atoms with Crippen LogP contribution in [0, 0.1) is 23.7 Å². The maximum absolute atomic E-state index is 11.8. The van der Waals surface area contributed by atoms with Crippen molar-refractivity contribution in [2.45, 2.75) is 85.0 Å². The summed E-state index contributed by atoms with van der Waals surface area (Å²) >= 11 is 0. The summed E-state index contributed by atoms with van der Waals surface area (Å²) in [6.45, 7) is 22.3. The quantitative estimate of drug-likeness (QED) is 0.0210. The predicted molar refractivity (Wildman–Crippen MR) is 303 cm³/mol. The van der Waals surface area contributed by atoms with E-state index in [1.54, 1.807) is 6.92 Å². The minimum absolute atomic E-state index is 0.0128. The van der Waals surface area contributed by atoms with Gasteiger partial charge in [0.25, 0.3) is 0 Å². The standard InChI is InChI=1S/C14H20O6.C13H12O6.C13H20O4.C10H16O6.C9H14O6/c1-9(2)13(17)19-7-8-20-14(18)11-6-4-3-5-10(11)12(15)16;1-2-11(14)18-7-8-19-13(17)10-6-4-3-5-9(10)12(15)16;1-3-12(14)16-8-9-17-13(15)11-7-5-4-6-10(11)2;1-8(2)10(13)16-6-5-15-7-14-4-3-9(11)12;1-2-9(12)15-6-5-14-7-13-4-3-8(10)11/h10-11H,1,3-8H2,2H3,(H,15,16);2-6H,1,7-8H2,(H,15,16);3,10-11H,1,4-9H2,2H3;1,3-7H2,2H3,(H,11,12);2H,1,3-7H2,(H,10,11). The number of benzene rings is 1. The van der Waals surface area contributed by atoms with Gasteiger partial charge in [-0.05, 0) is 57.6 Å². The molecule has 0 aromatic heterocycles. The summed E-state index contributed by atoms with van der Waals surface area (Å²) in [7, 11) is 0. The zero-order chi connectivity index (χ0) is 66.0. The van der Waals surface area contributed by atoms with Gasteiger partial charge in [-0.1, -0.05) is 77.6 Å². The van der Waals surface area contributed by atoms with Crippen LogP contribution in [0.2, 0.25) is 0 Å². The van der Waals surface area contributed by atoms with Crippen LogP contribution in [0.5, 0.6) is 0 Å². The summed E-state index contributed by atoms with van der Waals surface area (Å²) in [5.74, 6) is -8.98. The van der Waals surface area contributed by atoms with Crippen LogP contribution in [-0.4, -0.2) is 185 Å². The fourth-order valence-electron chi connectivity index (χ4n) is 6.84. The SMILES string of the molecule is C=C(C)C(=O)OCCOC(=O)C1CCCCC1C(=O)O.C=C(C)C(=O)OCCOCOCCC(=O)O.C=CC(=O)OCCOC(=O)C1CCCCC1C.C=CC(=O)OCCOC(=O)c1ccccc1C(=O)O.C=CC(=O)OCCOCOCCC(=O)O. The van der Waals surface area contributed by atoms with E-state index in [4.69, 9.17) is 67.8 Å². The summed E-state index contributed by atoms with van der Waals surface area (Å²) in [4.78, 5) is 131. The second-order valence-electron chi connectivity index (χ2n) is 18.1. The van der Waals surface area contributed by atoms with Gasteiger partial charge < -0.3 is 77.3 Å². The predicted octanol–water partition coefficient (Wildman–Crippen LogP) is 5.65. The van der Waals surface area contributed by atoms with Crippen molar-refractivity contribution in [2.24, 2.45) is 23.7 Å². The number of aromatic carboxylic acids is 1. The molecule has 4 atom stereocenters. The third-order valence-corrected chi connectivity index (χ3v) is 11.3. The normalized spacial score (nSPS) is 15.2. The number of ether oxygens (including phenoxy) is 12. The lowest BCUT2D eigenvalue weighted by Crippen LogP contribution is -2.34. The summed E-state index contributed by atoms with van der Waals surface area (Å²) in [5.41, 5.74) is 0.410. The first kappa shape index (κ1) is 80.5. The first-order valence-corrected chi connectivity index (χ1v) is 27.2. The Kier molecular flexibility index (Phi) is 46.9. The maximum Gasteiger partial charge on any atom is 0.339 e. The molecule has 2 fully saturated rings. The van der Waals surface area contributed by atoms with Crippen molar-refractivity contribution in [3.63, 3.8) is 0 Å². The van der Waals surface area contributed by atoms with Crippen molar-refractivity contribution < 1.29 is 135 Å². The number of aliphatic carboxylic acids is 3. The van der Waals surface area contributed by atoms with Gasteiger partial charge in [-0.2, -0.15) is 0 Å². The van der Waals surface area contributed by atoms with E-state index in [9.17, 15) is 57.5 Å². The van der Waals surface area contributed by atoms with Gasteiger partial charge in [0.2, 0.25) is 0 Å². The van der Waals surface area contributed by atoms with Crippen LogP contribution >= 0.6 is 0 Å². The molecule has 0 heterocycles. The van der Waals surface area contributed by atoms with E-state index in [-0.39, 0.29) is 134 Å². The van der Waals surface area contributed by atoms with E-state index < -0.39 is 77.5 Å². The molecular weight excluding hydrogens is 1160 g/mol. The van der Waals surface area contributed by atoms with Gasteiger partial charge in [0, 0.05) is 29.4 Å². The topological polar surface area (TPSA) is 397 Å². The van der Waals surface area contributed by atoms with E-state index in [0.717, 1.165) is 50.3 Å². The van der Waals surface area contributed by atoms with Crippen molar-refractivity contribution in [1.82, 2.24) is 0 Å². The van der Waals surface area contributed by atoms with Gasteiger partial charge in [0.05, 0.1) is 68.1 Å². The van der Waals surface area contributed by atoms with Crippen LogP contribution in [-0.2, 0) is 105 Å². The smallest absolute Gasteiger partial charge is 0.339 e. The molecule has 0 saturated heterocycles. The highest BCUT2D eigenvalue weighted by Gasteiger charge is 2.37. The number of esters is 8. The molecular formula is C59H82O28. The fourth-order valence-corrected chi connectivity index (χ4v) is 6.84. The first-order chi connectivity index (χ1) is 41.3. The van der Waals surface area contributed by atoms with E-state index >= 15 is 0 Å². The molecule has 1 aromatic carbocycles. The van der Waals surface area contributed by atoms with Crippen molar-refractivity contribution in [2.75, 3.05) is 92.9 Å². The van der Waals surface area contributed by atoms with Crippen LogP contribution in [0.1, 0.15) is 106 Å². The molecule has 3 rings (SSSR count). The summed E-state index contributed by atoms with van der Waals surface area (Å²) in [6.07, 6.45) is 9.97. The Hall–Kier alpha value is -8.60. The highest BCUT2D eigenvalue weighted by molar-refractivity contribution is 6.02. The van der Waals surface area contributed by atoms with Gasteiger partial charge >= 0.3 is 71.6 Å². The van der Waals surface area contributed by atoms with Crippen LogP contribution in [0.4, 0.5) is 0 Å². The fraction of sp³-hybridized carbons (Fsp3) is 0.525. The lowest BCUT2D eigenvalue weighted by atomic mass is 9.79. The van der Waals surface area contributed by atoms with Gasteiger partial charge in [-0.25, -0.2) is 33.6 Å². The molecule has 2 saturated carbocycles. The lowest BCUT2D eigenvalue weighted by molar-refractivity contribution is -0.161. The van der Waals surface area contributed by atoms with Crippen molar-refractivity contribution in [3.8, 4) is 0 Å². The van der Waals surface area contributed by atoms with Crippen molar-refractivity contribution in [1.29, 1.82) is 0 Å². The Morgan fingerprint density at radius 2 is 0.793 bits per heavy atom. The minimum atomic E-state index is -1.22. The van der Waals surface area contributed by atoms with E-state index in [0.29, 0.717) is 24.3 Å². The molecule has 0 bridgehead atoms. The number of hydrogen-bond donors (Lipinski definition) is 4. The average Bonchev–Trinajstić information content (AvgIpc) is 3.22. The zero-order valence-electron chi connectivity index (χ0n) is 49.4. The number of carbonyl (C=O) groups is 12. The van der Waals surface area contributed by atoms with E-state index in [1.165, 1.54) is 37.6 Å². The van der Waals surface area contributed by atoms with Gasteiger partial charge in [-0.15, -0.1) is 0 Å². The molecule has 486 valence electrons. The Labute approximate surface area is 504 Å². The number of rotatable bonds is 35. The average molecular weight is 1240 g/mol. The number of carboxylic acids is 4. The molecule has 4 unspecified atom stereocenters. The number of carbonyl (C=O) groups excluding carboxylic acids is 8. The molecule has 0 spiro atoms. The maximum atomic E-state index is 11.8. The molecule has 0 amide bonds. The third-order valence-electron chi connectivity index (χ3n) is 11.3. The monoisotopic (exact) mass is 1240 g/mol. The third kappa shape index (κ3) is 42.8. The van der Waals surface area contributed by atoms with E-state index in [2.05, 4.69) is 49.3 Å². The Bertz CT molecular complexity index is 2390. The molecule has 2 aliphatic rings. The summed E-state index contributed by atoms with van der Waals surface area (Å²) in [6, 6.07) is 5.69. The van der Waals surface area contributed by atoms with E-state index in [1.807, 2.05) is 0 Å². The second-order valence-corrected chi connectivity index (χ2v) is 18.1. The van der Waals surface area contributed by atoms with Crippen LogP contribution in [0.3, 0.4) is 0 Å². The summed E-state index contributed by atoms with van der Waals surface area (Å²) in [5, 5.41) is 34.5. The van der Waals surface area contributed by atoms with Crippen molar-refractivity contribution >= 4 is 71.6 Å². The van der Waals surface area contributed by atoms with Gasteiger partial charge in [0.15, 0.2) is 0 Å². The van der Waals surface area contributed by atoms with Crippen LogP contribution in [0.25, 0.3) is 0 Å². The highest BCUT2D eigenvalue weighted by atomic mass is 16.7. The molecule has 0 radical (unpaired) electrons. The van der Waals surface area contributed by atoms with Crippen LogP contribution in [0.15, 0.2) is 86.5 Å². The minimum Gasteiger partial charge on any atom is -0.481 e. The number of carboxylic acid groups (broad SMARTS) is 4. The molecule has 2 aliphatic carbocycles. The Balaban J connectivity index is 0. The van der Waals surface area contributed by atoms with Crippen LogP contribution < -0.4 is 0 Å². The molecule has 1 aromatic rings. The molecule has 28 nitrogen and oxygen atoms in total. The molecule has 0 aliphatic heterocycles. The Morgan fingerprint density at radius 3 is 1.20 bits per heavy atom. The largest absolute Gasteiger partial charge is 0.481 e. The number of hydrogen-bond acceptors (Lipinski definition) is 24. The highest BCUT2D eigenvalue weighted by Crippen LogP contribution is 2.32. The van der Waals surface area contributed by atoms with Crippen molar-refractivity contribution in [3.05, 3.63) is 97.7 Å². The lowest BCUT2D eigenvalue weighted by Gasteiger charge is -2.26. The zero-order valence-corrected chi connectivity index (χ0v) is 49.4. The Morgan fingerprint density at radius 1 is 0.448 bits per heavy atom. The summed E-state index contributed by atoms with van der Waals surface area (Å²) < 4.78 is 57.8. The van der Waals surface area contributed by atoms with Gasteiger partial charge in [-0.3, -0.25) is 24.0 Å². The molecule has 4 N–H and O–H groups in total.